The number of phenolic OH excluding ortho intramolecular Hbond substituents is 2. The van der Waals surface area contributed by atoms with Crippen molar-refractivity contribution in [1.82, 2.24) is 0 Å². The molecule has 4 aromatic carbocycles. The van der Waals surface area contributed by atoms with E-state index in [1.807, 2.05) is 0 Å². The summed E-state index contributed by atoms with van der Waals surface area (Å²) in [7, 11) is -6.60. The summed E-state index contributed by atoms with van der Waals surface area (Å²) in [5.74, 6) is -0.468. The number of nitrogens with zero attached hydrogens (tertiary/aromatic N) is 3. The Morgan fingerprint density at radius 2 is 1.59 bits per heavy atom. The maximum atomic E-state index is 12.2. The van der Waals surface area contributed by atoms with Crippen LogP contribution in [0.25, 0.3) is 10.8 Å². The summed E-state index contributed by atoms with van der Waals surface area (Å²) in [4.78, 5) is -1.54. The molecule has 0 aliphatic carbocycles. The number of ether oxygens (including phenoxy) is 1. The average molecular weight is 604 g/mol. The van der Waals surface area contributed by atoms with Crippen molar-refractivity contribution in [2.45, 2.75) is 16.7 Å². The van der Waals surface area contributed by atoms with E-state index in [0.29, 0.717) is 11.3 Å². The molecular weight excluding hydrogens is 578 g/mol. The molecule has 16 heteroatoms. The highest BCUT2D eigenvalue weighted by molar-refractivity contribution is 7.86. The number of nitrogens with two attached hydrogens (primary N) is 1. The van der Waals surface area contributed by atoms with Crippen LogP contribution < -0.4 is 20.9 Å². The van der Waals surface area contributed by atoms with Crippen LogP contribution in [-0.4, -0.2) is 50.3 Å². The summed E-state index contributed by atoms with van der Waals surface area (Å²) < 4.78 is 72.2. The lowest BCUT2D eigenvalue weighted by Gasteiger charge is -2.23. The Hall–Kier alpha value is -4.64. The molecule has 4 aromatic rings. The van der Waals surface area contributed by atoms with E-state index in [-0.39, 0.29) is 33.6 Å². The van der Waals surface area contributed by atoms with E-state index in [1.54, 1.807) is 43.2 Å². The first-order valence-electron chi connectivity index (χ1n) is 11.5. The molecule has 0 aromatic heterocycles. The first-order valence-corrected chi connectivity index (χ1v) is 14.4. The van der Waals surface area contributed by atoms with E-state index in [1.165, 1.54) is 19.2 Å². The molecule has 0 fully saturated rings. The highest BCUT2D eigenvalue weighted by Gasteiger charge is 2.25. The maximum Gasteiger partial charge on any atom is 0.296 e. The zero-order chi connectivity index (χ0) is 30.3. The lowest BCUT2D eigenvalue weighted by atomic mass is 10.1. The second kappa shape index (κ2) is 10.7. The number of hydrogen-bond acceptors (Lipinski definition) is 12. The second-order valence-electron chi connectivity index (χ2n) is 8.86. The second-order valence-corrected chi connectivity index (χ2v) is 11.7. The number of aryl methyl sites for hydroxylation is 1. The summed E-state index contributed by atoms with van der Waals surface area (Å²) in [6.07, 6.45) is 0. The number of methoxy groups -OCH3 is 1. The highest BCUT2D eigenvalue weighted by Crippen LogP contribution is 2.45. The number of phenols is 2. The van der Waals surface area contributed by atoms with E-state index in [2.05, 4.69) is 15.7 Å². The van der Waals surface area contributed by atoms with Gasteiger partial charge in [0.05, 0.1) is 23.4 Å². The number of anilines is 3. The van der Waals surface area contributed by atoms with Gasteiger partial charge in [0.25, 0.3) is 20.2 Å². The fourth-order valence-electron chi connectivity index (χ4n) is 3.99. The highest BCUT2D eigenvalue weighted by atomic mass is 32.2. The molecule has 0 bridgehead atoms. The summed E-state index contributed by atoms with van der Waals surface area (Å²) in [5.41, 5.74) is 10.3. The van der Waals surface area contributed by atoms with E-state index in [9.17, 15) is 36.2 Å². The van der Waals surface area contributed by atoms with Crippen LogP contribution in [0.2, 0.25) is 0 Å². The van der Waals surface area contributed by atoms with Gasteiger partial charge in [-0.05, 0) is 66.4 Å². The summed E-state index contributed by atoms with van der Waals surface area (Å²) >= 11 is 0. The fraction of sp³-hybridized carbons (Fsp3) is 0.120. The van der Waals surface area contributed by atoms with Crippen molar-refractivity contribution in [3.63, 3.8) is 0 Å². The fourth-order valence-corrected chi connectivity index (χ4v) is 5.20. The van der Waals surface area contributed by atoms with Crippen molar-refractivity contribution in [1.29, 1.82) is 0 Å². The van der Waals surface area contributed by atoms with Crippen LogP contribution in [0.4, 0.5) is 28.4 Å². The molecule has 0 saturated heterocycles. The maximum absolute atomic E-state index is 12.2. The average Bonchev–Trinajstić information content (AvgIpc) is 2.88. The number of nitrogens with one attached hydrogen (secondary N) is 1. The van der Waals surface area contributed by atoms with Gasteiger partial charge in [-0.15, -0.1) is 10.2 Å². The van der Waals surface area contributed by atoms with Crippen molar-refractivity contribution >= 4 is 59.4 Å². The molecule has 0 aliphatic heterocycles. The molecule has 0 aliphatic rings. The third kappa shape index (κ3) is 6.09. The molecule has 0 amide bonds. The summed E-state index contributed by atoms with van der Waals surface area (Å²) in [6, 6.07) is 12.3. The number of fused-ring (bicyclic) bond motifs is 1. The van der Waals surface area contributed by atoms with Crippen LogP contribution in [0, 0.1) is 6.92 Å². The van der Waals surface area contributed by atoms with Crippen LogP contribution in [-0.2, 0) is 20.2 Å². The Morgan fingerprint density at radius 1 is 0.927 bits per heavy atom. The van der Waals surface area contributed by atoms with Gasteiger partial charge in [0.15, 0.2) is 5.75 Å². The van der Waals surface area contributed by atoms with Crippen LogP contribution in [0.15, 0.2) is 74.6 Å². The molecule has 0 unspecified atom stereocenters. The lowest BCUT2D eigenvalue weighted by molar-refractivity contribution is 0.416. The Balaban J connectivity index is 1.80. The molecular formula is C25H25N5O9S2. The minimum Gasteiger partial charge on any atom is -0.508 e. The van der Waals surface area contributed by atoms with E-state index in [0.717, 1.165) is 23.9 Å². The van der Waals surface area contributed by atoms with Gasteiger partial charge in [0.1, 0.15) is 27.8 Å². The van der Waals surface area contributed by atoms with Gasteiger partial charge in [0.2, 0.25) is 0 Å². The lowest BCUT2D eigenvalue weighted by Crippen LogP contribution is -2.25. The first-order chi connectivity index (χ1) is 19.1. The van der Waals surface area contributed by atoms with E-state index in [4.69, 9.17) is 10.5 Å². The number of azo groups is 1. The van der Waals surface area contributed by atoms with Gasteiger partial charge in [-0.25, -0.2) is 0 Å². The molecule has 0 saturated carbocycles. The van der Waals surface area contributed by atoms with Crippen molar-refractivity contribution in [2.75, 3.05) is 30.3 Å². The Bertz CT molecular complexity index is 1910. The normalized spacial score (nSPS) is 12.1. The molecule has 41 heavy (non-hydrogen) atoms. The quantitative estimate of drug-likeness (QED) is 0.0707. The first kappa shape index (κ1) is 29.3. The van der Waals surface area contributed by atoms with Gasteiger partial charge >= 0.3 is 0 Å². The number of nitrogen functional groups attached to an aromatic ring is 1. The van der Waals surface area contributed by atoms with Crippen molar-refractivity contribution in [3.05, 3.63) is 60.2 Å². The zero-order valence-electron chi connectivity index (χ0n) is 21.8. The molecule has 14 nitrogen and oxygen atoms in total. The van der Waals surface area contributed by atoms with Crippen LogP contribution in [0.5, 0.6) is 17.2 Å². The van der Waals surface area contributed by atoms with Crippen LogP contribution in [0.3, 0.4) is 0 Å². The standard InChI is InChI=1S/C25H25N5O9S2/c1-13-8-20(21(39-3)12-19(13)29-30(2)15-4-6-16(31)7-5-15)27-28-24-22(41(36,37)38)10-14-9-17(40(33,34)35)11-18(26)23(14)25(24)32/h4-12,29,31-32H,26H2,1-3H3,(H,33,34,35)(H,36,37,38). The van der Waals surface area contributed by atoms with E-state index < -0.39 is 41.5 Å². The van der Waals surface area contributed by atoms with Gasteiger partial charge < -0.3 is 20.7 Å². The molecule has 0 spiro atoms. The smallest absolute Gasteiger partial charge is 0.296 e. The third-order valence-corrected chi connectivity index (χ3v) is 7.74. The molecule has 7 N–H and O–H groups in total. The van der Waals surface area contributed by atoms with Gasteiger partial charge in [-0.1, -0.05) is 0 Å². The monoisotopic (exact) mass is 603 g/mol. The Kier molecular flexibility index (Phi) is 7.68. The molecule has 0 atom stereocenters. The number of aromatic hydroxyl groups is 2. The minimum atomic E-state index is -5.02. The van der Waals surface area contributed by atoms with Crippen LogP contribution >= 0.6 is 0 Å². The van der Waals surface area contributed by atoms with Crippen molar-refractivity contribution in [2.24, 2.45) is 10.2 Å². The van der Waals surface area contributed by atoms with Gasteiger partial charge in [0, 0.05) is 24.2 Å². The predicted molar refractivity (Wildman–Crippen MR) is 152 cm³/mol. The summed E-state index contributed by atoms with van der Waals surface area (Å²) in [5, 5.41) is 29.7. The largest absolute Gasteiger partial charge is 0.508 e. The van der Waals surface area contributed by atoms with E-state index >= 15 is 0 Å². The SMILES string of the molecule is COc1cc(NN(C)c2ccc(O)cc2)c(C)cc1N=Nc1c(S(=O)(=O)O)cc2cc(S(=O)(=O)O)cc(N)c2c1O. The number of hydrogen-bond donors (Lipinski definition) is 6. The number of rotatable bonds is 8. The molecule has 0 heterocycles. The Labute approximate surface area is 234 Å². The molecule has 4 rings (SSSR count). The number of benzene rings is 4. The van der Waals surface area contributed by atoms with Gasteiger partial charge in [-0.2, -0.15) is 16.8 Å². The zero-order valence-corrected chi connectivity index (χ0v) is 23.4. The van der Waals surface area contributed by atoms with Crippen LogP contribution in [0.1, 0.15) is 5.56 Å². The third-order valence-electron chi connectivity index (χ3n) is 6.04. The van der Waals surface area contributed by atoms with Gasteiger partial charge in [-0.3, -0.25) is 19.5 Å². The minimum absolute atomic E-state index is 0.120. The predicted octanol–water partition coefficient (Wildman–Crippen LogP) is 4.52. The molecule has 216 valence electrons. The summed E-state index contributed by atoms with van der Waals surface area (Å²) in [6.45, 7) is 1.76. The topological polar surface area (TPSA) is 224 Å². The molecule has 0 radical (unpaired) electrons. The Morgan fingerprint density at radius 3 is 2.17 bits per heavy atom. The number of hydrazine groups is 1. The van der Waals surface area contributed by atoms with Crippen molar-refractivity contribution in [3.8, 4) is 17.2 Å². The van der Waals surface area contributed by atoms with Crippen molar-refractivity contribution < 1.29 is 40.9 Å².